The first kappa shape index (κ1) is 5.80. The second kappa shape index (κ2) is 3.01. The van der Waals surface area contributed by atoms with Crippen LogP contribution in [0.25, 0.3) is 0 Å². The molecule has 2 heteroatoms. The fraction of sp³-hybridized carbons (Fsp3) is 0.500. The van der Waals surface area contributed by atoms with E-state index in [-0.39, 0.29) is 5.25 Å². The van der Waals surface area contributed by atoms with Gasteiger partial charge >= 0.3 is 0 Å². The largest absolute Gasteiger partial charge is 0.234 e. The van der Waals surface area contributed by atoms with E-state index in [0.29, 0.717) is 0 Å². The van der Waals surface area contributed by atoms with Gasteiger partial charge in [0.25, 0.3) is 0 Å². The lowest BCUT2D eigenvalue weighted by Crippen LogP contribution is -1.79. The van der Waals surface area contributed by atoms with Crippen molar-refractivity contribution in [1.82, 2.24) is 0 Å². The van der Waals surface area contributed by atoms with E-state index < -0.39 is 0 Å². The van der Waals surface area contributed by atoms with Crippen LogP contribution in [0.4, 0.5) is 0 Å². The highest BCUT2D eigenvalue weighted by Gasteiger charge is 1.79. The number of hydrogen-bond donors (Lipinski definition) is 1. The van der Waals surface area contributed by atoms with Crippen molar-refractivity contribution in [1.29, 1.82) is 0 Å². The van der Waals surface area contributed by atoms with E-state index in [1.807, 2.05) is 0 Å². The minimum atomic E-state index is 0.0440. The highest BCUT2D eigenvalue weighted by atomic mass is 32.1. The molecule has 1 nitrogen and oxygen atoms in total. The second-order valence-electron chi connectivity index (χ2n) is 1.03. The standard InChI is InChI=1S/C4H6OS/c1-4(6)2-3-5/h2,4,6H,1H3. The van der Waals surface area contributed by atoms with Crippen molar-refractivity contribution in [2.45, 2.75) is 12.2 Å². The van der Waals surface area contributed by atoms with Gasteiger partial charge in [0.05, 0.1) is 0 Å². The van der Waals surface area contributed by atoms with Gasteiger partial charge in [-0.3, -0.25) is 0 Å². The Balaban J connectivity index is 3.29. The van der Waals surface area contributed by atoms with Crippen LogP contribution in [0.3, 0.4) is 0 Å². The molecular formula is C4H6OS. The Bertz CT molecular complexity index is 71.6. The maximum Gasteiger partial charge on any atom is 0.121 e. The van der Waals surface area contributed by atoms with Crippen molar-refractivity contribution in [2.24, 2.45) is 0 Å². The van der Waals surface area contributed by atoms with Crippen LogP contribution < -0.4 is 0 Å². The summed E-state index contributed by atoms with van der Waals surface area (Å²) < 4.78 is 0. The van der Waals surface area contributed by atoms with Gasteiger partial charge in [-0.1, -0.05) is 0 Å². The van der Waals surface area contributed by atoms with E-state index in [4.69, 9.17) is 0 Å². The van der Waals surface area contributed by atoms with Crippen molar-refractivity contribution in [3.8, 4) is 0 Å². The summed E-state index contributed by atoms with van der Waals surface area (Å²) in [7, 11) is 0. The van der Waals surface area contributed by atoms with Gasteiger partial charge in [0, 0.05) is 11.3 Å². The molecule has 0 aromatic carbocycles. The van der Waals surface area contributed by atoms with Gasteiger partial charge in [-0.05, 0) is 6.92 Å². The van der Waals surface area contributed by atoms with E-state index in [1.165, 1.54) is 6.08 Å². The van der Waals surface area contributed by atoms with Crippen LogP contribution in [-0.2, 0) is 4.79 Å². The van der Waals surface area contributed by atoms with Crippen LogP contribution in [0.2, 0.25) is 0 Å². The third-order valence-corrected chi connectivity index (χ3v) is 0.458. The highest BCUT2D eigenvalue weighted by Crippen LogP contribution is 1.88. The number of rotatable bonds is 1. The molecule has 0 rings (SSSR count). The monoisotopic (exact) mass is 102 g/mol. The van der Waals surface area contributed by atoms with Gasteiger partial charge in [-0.2, -0.15) is 12.6 Å². The predicted molar refractivity (Wildman–Crippen MR) is 28.7 cm³/mol. The Morgan fingerprint density at radius 3 is 2.50 bits per heavy atom. The van der Waals surface area contributed by atoms with Crippen LogP contribution in [0, 0.1) is 0 Å². The molecule has 0 aliphatic carbocycles. The molecule has 0 fully saturated rings. The van der Waals surface area contributed by atoms with Crippen molar-refractivity contribution < 1.29 is 4.79 Å². The molecule has 1 unspecified atom stereocenters. The van der Waals surface area contributed by atoms with E-state index in [2.05, 4.69) is 12.6 Å². The molecule has 0 aliphatic rings. The molecule has 0 saturated carbocycles. The fourth-order valence-electron chi connectivity index (χ4n) is 0.0985. The Morgan fingerprint density at radius 1 is 2.00 bits per heavy atom. The minimum Gasteiger partial charge on any atom is -0.234 e. The number of carbonyl (C=O) groups excluding carboxylic acids is 1. The van der Waals surface area contributed by atoms with E-state index in [1.54, 1.807) is 12.9 Å². The van der Waals surface area contributed by atoms with Gasteiger partial charge in [0.1, 0.15) is 5.94 Å². The summed E-state index contributed by atoms with van der Waals surface area (Å²) in [6.45, 7) is 1.80. The molecule has 34 valence electrons. The molecule has 6 heavy (non-hydrogen) atoms. The maximum atomic E-state index is 9.39. The topological polar surface area (TPSA) is 17.1 Å². The van der Waals surface area contributed by atoms with E-state index in [9.17, 15) is 4.79 Å². The minimum absolute atomic E-state index is 0.0440. The van der Waals surface area contributed by atoms with Gasteiger partial charge in [0.2, 0.25) is 0 Å². The van der Waals surface area contributed by atoms with Gasteiger partial charge in [0.15, 0.2) is 0 Å². The Kier molecular flexibility index (Phi) is 2.91. The molecule has 0 spiro atoms. The summed E-state index contributed by atoms with van der Waals surface area (Å²) in [4.78, 5) is 9.39. The van der Waals surface area contributed by atoms with E-state index >= 15 is 0 Å². The molecule has 0 aromatic rings. The van der Waals surface area contributed by atoms with Crippen LogP contribution >= 0.6 is 12.6 Å². The zero-order valence-electron chi connectivity index (χ0n) is 3.51. The fourth-order valence-corrected chi connectivity index (χ4v) is 0.159. The molecule has 0 N–H and O–H groups in total. The second-order valence-corrected chi connectivity index (χ2v) is 1.84. The Hall–Kier alpha value is -0.200. The normalized spacial score (nSPS) is 12.3. The van der Waals surface area contributed by atoms with Crippen LogP contribution in [0.1, 0.15) is 6.92 Å². The summed E-state index contributed by atoms with van der Waals surface area (Å²) >= 11 is 3.86. The van der Waals surface area contributed by atoms with Crippen LogP contribution in [0.5, 0.6) is 0 Å². The average Bonchev–Trinajstić information content (AvgIpc) is 1.35. The summed E-state index contributed by atoms with van der Waals surface area (Å²) in [6.07, 6.45) is 1.35. The average molecular weight is 102 g/mol. The quantitative estimate of drug-likeness (QED) is 0.381. The third kappa shape index (κ3) is 3.80. The highest BCUT2D eigenvalue weighted by molar-refractivity contribution is 7.81. The molecule has 0 saturated heterocycles. The third-order valence-electron chi connectivity index (χ3n) is 0.309. The van der Waals surface area contributed by atoms with Crippen molar-refractivity contribution >= 4 is 18.6 Å². The summed E-state index contributed by atoms with van der Waals surface area (Å²) in [6, 6.07) is 0. The zero-order chi connectivity index (χ0) is 4.99. The smallest absolute Gasteiger partial charge is 0.121 e. The van der Waals surface area contributed by atoms with Gasteiger partial charge < -0.3 is 0 Å². The van der Waals surface area contributed by atoms with Gasteiger partial charge in [-0.15, -0.1) is 0 Å². The molecule has 0 amide bonds. The molecule has 0 aromatic heterocycles. The Morgan fingerprint density at radius 2 is 2.50 bits per heavy atom. The molecule has 0 aliphatic heterocycles. The Labute approximate surface area is 42.5 Å². The van der Waals surface area contributed by atoms with Crippen molar-refractivity contribution in [3.63, 3.8) is 0 Å². The summed E-state index contributed by atoms with van der Waals surface area (Å²) in [5.74, 6) is 1.62. The predicted octanol–water partition coefficient (Wildman–Crippen LogP) is 0.692. The zero-order valence-corrected chi connectivity index (χ0v) is 4.40. The molecule has 1 atom stereocenters. The van der Waals surface area contributed by atoms with Gasteiger partial charge in [-0.25, -0.2) is 4.79 Å². The summed E-state index contributed by atoms with van der Waals surface area (Å²) in [5.41, 5.74) is 0. The number of thiol groups is 1. The van der Waals surface area contributed by atoms with Crippen LogP contribution in [0.15, 0.2) is 6.08 Å². The first-order valence-corrected chi connectivity index (χ1v) is 2.18. The molecule has 0 bridgehead atoms. The lowest BCUT2D eigenvalue weighted by molar-refractivity contribution is 0.568. The lowest BCUT2D eigenvalue weighted by atomic mass is 10.5. The molecule has 0 heterocycles. The van der Waals surface area contributed by atoms with Crippen molar-refractivity contribution in [3.05, 3.63) is 6.08 Å². The number of hydrogen-bond acceptors (Lipinski definition) is 2. The maximum absolute atomic E-state index is 9.39. The lowest BCUT2D eigenvalue weighted by Gasteiger charge is -1.81. The molecular weight excluding hydrogens is 96.1 g/mol. The first-order chi connectivity index (χ1) is 2.77. The van der Waals surface area contributed by atoms with Crippen LogP contribution in [-0.4, -0.2) is 11.2 Å². The first-order valence-electron chi connectivity index (χ1n) is 1.66. The van der Waals surface area contributed by atoms with Crippen molar-refractivity contribution in [2.75, 3.05) is 0 Å². The van der Waals surface area contributed by atoms with E-state index in [0.717, 1.165) is 0 Å². The summed E-state index contributed by atoms with van der Waals surface area (Å²) in [5, 5.41) is 0.0440. The SMILES string of the molecule is CC(S)C=C=O. The molecule has 0 radical (unpaired) electrons.